The number of rotatable bonds is 5. The van der Waals surface area contributed by atoms with E-state index in [0.717, 1.165) is 37.2 Å². The molecule has 0 saturated carbocycles. The van der Waals surface area contributed by atoms with Crippen LogP contribution >= 0.6 is 0 Å². The van der Waals surface area contributed by atoms with Crippen LogP contribution in [-0.2, 0) is 9.63 Å². The molecule has 3 rings (SSSR count). The predicted molar refractivity (Wildman–Crippen MR) is 94.9 cm³/mol. The van der Waals surface area contributed by atoms with Crippen LogP contribution in [0.2, 0.25) is 0 Å². The molecule has 0 amide bonds. The molecular formula is C18H22N4O3. The number of nitrogens with two attached hydrogens (primary N) is 1. The number of aliphatic carboxylic acids is 1. The first-order valence-corrected chi connectivity index (χ1v) is 8.32. The van der Waals surface area contributed by atoms with E-state index in [4.69, 9.17) is 21.1 Å². The minimum atomic E-state index is -0.777. The molecule has 1 unspecified atom stereocenters. The Hall–Kier alpha value is -2.67. The van der Waals surface area contributed by atoms with Crippen molar-refractivity contribution in [1.82, 2.24) is 4.90 Å². The van der Waals surface area contributed by atoms with Crippen LogP contribution in [0, 0.1) is 5.41 Å². The summed E-state index contributed by atoms with van der Waals surface area (Å²) in [5.41, 5.74) is 9.32. The van der Waals surface area contributed by atoms with Crippen molar-refractivity contribution in [3.8, 4) is 0 Å². The third-order valence-electron chi connectivity index (χ3n) is 4.50. The first-order chi connectivity index (χ1) is 12.0. The number of carboxylic acids is 1. The van der Waals surface area contributed by atoms with Crippen molar-refractivity contribution >= 4 is 17.5 Å². The van der Waals surface area contributed by atoms with E-state index in [2.05, 4.69) is 11.2 Å². The average Bonchev–Trinajstić information content (AvgIpc) is 3.05. The Morgan fingerprint density at radius 2 is 2.04 bits per heavy atom. The fraction of sp³-hybridized carbons (Fsp3) is 0.389. The number of hydrogen-bond donors (Lipinski definition) is 3. The fourth-order valence-electron chi connectivity index (χ4n) is 3.12. The summed E-state index contributed by atoms with van der Waals surface area (Å²) >= 11 is 0. The van der Waals surface area contributed by atoms with Gasteiger partial charge in [-0.15, -0.1) is 0 Å². The third kappa shape index (κ3) is 4.45. The van der Waals surface area contributed by atoms with E-state index in [1.54, 1.807) is 0 Å². The van der Waals surface area contributed by atoms with Crippen LogP contribution in [-0.4, -0.2) is 53.3 Å². The summed E-state index contributed by atoms with van der Waals surface area (Å²) in [7, 11) is 0. The Balaban J connectivity index is 1.54. The van der Waals surface area contributed by atoms with Crippen LogP contribution in [0.1, 0.15) is 30.4 Å². The second kappa shape index (κ2) is 7.48. The predicted octanol–water partition coefficient (Wildman–Crippen LogP) is 1.57. The van der Waals surface area contributed by atoms with Gasteiger partial charge in [-0.1, -0.05) is 35.0 Å². The first kappa shape index (κ1) is 17.2. The molecule has 4 N–H and O–H groups in total. The molecule has 1 saturated heterocycles. The molecule has 0 aliphatic carbocycles. The maximum atomic E-state index is 10.7. The molecule has 7 nitrogen and oxygen atoms in total. The van der Waals surface area contributed by atoms with Crippen molar-refractivity contribution in [3.05, 3.63) is 47.0 Å². The van der Waals surface area contributed by atoms with Crippen LogP contribution in [0.5, 0.6) is 0 Å². The molecule has 2 heterocycles. The molecule has 0 aromatic heterocycles. The van der Waals surface area contributed by atoms with E-state index in [1.165, 1.54) is 5.57 Å². The lowest BCUT2D eigenvalue weighted by molar-refractivity contribution is -0.138. The number of nitrogen functional groups attached to an aromatic ring is 1. The maximum absolute atomic E-state index is 10.7. The summed E-state index contributed by atoms with van der Waals surface area (Å²) in [4.78, 5) is 18.2. The Morgan fingerprint density at radius 3 is 2.64 bits per heavy atom. The van der Waals surface area contributed by atoms with Crippen molar-refractivity contribution in [1.29, 1.82) is 5.41 Å². The lowest BCUT2D eigenvalue weighted by Gasteiger charge is -2.27. The lowest BCUT2D eigenvalue weighted by Crippen LogP contribution is -2.35. The van der Waals surface area contributed by atoms with Gasteiger partial charge in [-0.25, -0.2) is 0 Å². The second-order valence-corrected chi connectivity index (χ2v) is 6.37. The van der Waals surface area contributed by atoms with Crippen molar-refractivity contribution in [2.75, 3.05) is 19.6 Å². The molecule has 25 heavy (non-hydrogen) atoms. The first-order valence-electron chi connectivity index (χ1n) is 8.32. The molecule has 7 heteroatoms. The SMILES string of the molecule is N=C(N)c1ccc(C2=NOC(C=C3CCN(CC(=O)O)CC3)C2)cc1. The zero-order chi connectivity index (χ0) is 17.8. The summed E-state index contributed by atoms with van der Waals surface area (Å²) in [5, 5.41) is 20.4. The van der Waals surface area contributed by atoms with Gasteiger partial charge in [0.2, 0.25) is 0 Å². The Kier molecular flexibility index (Phi) is 5.14. The van der Waals surface area contributed by atoms with Gasteiger partial charge in [0.05, 0.1) is 12.3 Å². The lowest BCUT2D eigenvalue weighted by atomic mass is 9.98. The number of likely N-dealkylation sites (tertiary alicyclic amines) is 1. The molecular weight excluding hydrogens is 320 g/mol. The second-order valence-electron chi connectivity index (χ2n) is 6.37. The number of carbonyl (C=O) groups is 1. The molecule has 1 atom stereocenters. The highest BCUT2D eigenvalue weighted by atomic mass is 16.6. The summed E-state index contributed by atoms with van der Waals surface area (Å²) in [6, 6.07) is 7.42. The molecule has 132 valence electrons. The van der Waals surface area contributed by atoms with Crippen molar-refractivity contribution in [3.63, 3.8) is 0 Å². The Morgan fingerprint density at radius 1 is 1.36 bits per heavy atom. The zero-order valence-corrected chi connectivity index (χ0v) is 13.9. The smallest absolute Gasteiger partial charge is 0.317 e. The van der Waals surface area contributed by atoms with Crippen molar-refractivity contribution in [2.45, 2.75) is 25.4 Å². The Labute approximate surface area is 146 Å². The number of piperidine rings is 1. The number of hydrogen-bond acceptors (Lipinski definition) is 5. The standard InChI is InChI=1S/C18H22N4O3/c19-18(20)14-3-1-13(2-4-14)16-10-15(25-21-16)9-12-5-7-22(8-6-12)11-17(23)24/h1-4,9,15H,5-8,10-11H2,(H3,19,20)(H,23,24). The fourth-order valence-corrected chi connectivity index (χ4v) is 3.12. The van der Waals surface area contributed by atoms with Gasteiger partial charge in [-0.2, -0.15) is 0 Å². The number of nitrogens with one attached hydrogen (secondary N) is 1. The van der Waals surface area contributed by atoms with E-state index in [1.807, 2.05) is 29.2 Å². The minimum absolute atomic E-state index is 0.0491. The van der Waals surface area contributed by atoms with Gasteiger partial charge in [0.15, 0.2) is 6.10 Å². The average molecular weight is 342 g/mol. The van der Waals surface area contributed by atoms with Crippen molar-refractivity contribution in [2.24, 2.45) is 10.9 Å². The number of amidine groups is 1. The monoisotopic (exact) mass is 342 g/mol. The van der Waals surface area contributed by atoms with Gasteiger partial charge < -0.3 is 15.7 Å². The van der Waals surface area contributed by atoms with Crippen LogP contribution in [0.4, 0.5) is 0 Å². The molecule has 0 spiro atoms. The molecule has 2 aliphatic heterocycles. The highest BCUT2D eigenvalue weighted by Crippen LogP contribution is 2.23. The summed E-state index contributed by atoms with van der Waals surface area (Å²) in [6.07, 6.45) is 4.51. The number of oxime groups is 1. The van der Waals surface area contributed by atoms with Crippen LogP contribution < -0.4 is 5.73 Å². The number of nitrogens with zero attached hydrogens (tertiary/aromatic N) is 2. The summed E-state index contributed by atoms with van der Waals surface area (Å²) < 4.78 is 0. The third-order valence-corrected chi connectivity index (χ3v) is 4.50. The highest BCUT2D eigenvalue weighted by molar-refractivity contribution is 6.02. The number of benzene rings is 1. The van der Waals surface area contributed by atoms with Gasteiger partial charge in [-0.3, -0.25) is 15.1 Å². The zero-order valence-electron chi connectivity index (χ0n) is 13.9. The van der Waals surface area contributed by atoms with E-state index in [0.29, 0.717) is 12.0 Å². The van der Waals surface area contributed by atoms with Crippen LogP contribution in [0.25, 0.3) is 0 Å². The quantitative estimate of drug-likeness (QED) is 0.427. The van der Waals surface area contributed by atoms with E-state index in [-0.39, 0.29) is 18.5 Å². The van der Waals surface area contributed by atoms with Gasteiger partial charge in [0.1, 0.15) is 5.84 Å². The van der Waals surface area contributed by atoms with Crippen LogP contribution in [0.3, 0.4) is 0 Å². The molecule has 2 aliphatic rings. The van der Waals surface area contributed by atoms with Gasteiger partial charge >= 0.3 is 5.97 Å². The van der Waals surface area contributed by atoms with E-state index >= 15 is 0 Å². The molecule has 1 aromatic carbocycles. The number of carboxylic acid groups (broad SMARTS) is 1. The van der Waals surface area contributed by atoms with Gasteiger partial charge in [0.25, 0.3) is 0 Å². The summed E-state index contributed by atoms with van der Waals surface area (Å²) in [5.74, 6) is -0.728. The van der Waals surface area contributed by atoms with Gasteiger partial charge in [0, 0.05) is 25.1 Å². The maximum Gasteiger partial charge on any atom is 0.317 e. The normalized spacial score (nSPS) is 20.7. The molecule has 1 fully saturated rings. The van der Waals surface area contributed by atoms with Crippen molar-refractivity contribution < 1.29 is 14.7 Å². The topological polar surface area (TPSA) is 112 Å². The Bertz CT molecular complexity index is 714. The largest absolute Gasteiger partial charge is 0.480 e. The van der Waals surface area contributed by atoms with Gasteiger partial charge in [-0.05, 0) is 24.5 Å². The van der Waals surface area contributed by atoms with Crippen LogP contribution in [0.15, 0.2) is 41.1 Å². The molecule has 0 bridgehead atoms. The molecule has 0 radical (unpaired) electrons. The molecule has 1 aromatic rings. The minimum Gasteiger partial charge on any atom is -0.480 e. The highest BCUT2D eigenvalue weighted by Gasteiger charge is 2.23. The van der Waals surface area contributed by atoms with E-state index < -0.39 is 5.97 Å². The summed E-state index contributed by atoms with van der Waals surface area (Å²) in [6.45, 7) is 1.65. The van der Waals surface area contributed by atoms with E-state index in [9.17, 15) is 4.79 Å².